The molecule has 2 amide bonds. The average Bonchev–Trinajstić information content (AvgIpc) is 3.04. The molecule has 1 heterocycles. The molecule has 1 unspecified atom stereocenters. The predicted octanol–water partition coefficient (Wildman–Crippen LogP) is 3.63. The normalized spacial score (nSPS) is 11.7. The van der Waals surface area contributed by atoms with Crippen LogP contribution < -0.4 is 10.6 Å². The molecule has 120 valence electrons. The monoisotopic (exact) mass is 337 g/mol. The molecule has 24 heavy (non-hydrogen) atoms. The van der Waals surface area contributed by atoms with E-state index in [9.17, 15) is 9.90 Å². The second kappa shape index (κ2) is 7.13. The third-order valence-corrected chi connectivity index (χ3v) is 4.70. The Morgan fingerprint density at radius 3 is 2.83 bits per heavy atom. The number of nitrogens with one attached hydrogen (secondary N) is 2. The van der Waals surface area contributed by atoms with E-state index in [0.717, 1.165) is 15.0 Å². The van der Waals surface area contributed by atoms with Gasteiger partial charge < -0.3 is 15.7 Å². The summed E-state index contributed by atoms with van der Waals surface area (Å²) in [5.41, 5.74) is 1.00. The van der Waals surface area contributed by atoms with Crippen LogP contribution in [-0.2, 0) is 0 Å². The lowest BCUT2D eigenvalue weighted by Crippen LogP contribution is -2.32. The molecule has 6 heteroatoms. The van der Waals surface area contributed by atoms with Crippen molar-refractivity contribution in [1.29, 1.82) is 5.26 Å². The molecule has 1 atom stereocenters. The van der Waals surface area contributed by atoms with Crippen LogP contribution in [0.4, 0.5) is 10.5 Å². The fraction of sp³-hybridized carbons (Fsp3) is 0.111. The van der Waals surface area contributed by atoms with Crippen LogP contribution in [-0.4, -0.2) is 17.7 Å². The van der Waals surface area contributed by atoms with E-state index in [1.165, 1.54) is 11.3 Å². The summed E-state index contributed by atoms with van der Waals surface area (Å²) in [6, 6.07) is 18.1. The molecular formula is C18H15N3O2S. The number of hydrogen-bond acceptors (Lipinski definition) is 4. The van der Waals surface area contributed by atoms with E-state index in [4.69, 9.17) is 5.26 Å². The number of urea groups is 1. The van der Waals surface area contributed by atoms with E-state index < -0.39 is 12.1 Å². The molecule has 0 aliphatic carbocycles. The first-order valence-electron chi connectivity index (χ1n) is 7.37. The molecule has 0 aliphatic heterocycles. The first-order valence-corrected chi connectivity index (χ1v) is 8.19. The maximum atomic E-state index is 11.9. The van der Waals surface area contributed by atoms with E-state index in [-0.39, 0.29) is 6.54 Å². The molecule has 0 fully saturated rings. The fourth-order valence-electron chi connectivity index (χ4n) is 2.30. The van der Waals surface area contributed by atoms with Crippen molar-refractivity contribution in [1.82, 2.24) is 5.32 Å². The highest BCUT2D eigenvalue weighted by molar-refractivity contribution is 7.19. The third kappa shape index (κ3) is 3.71. The smallest absolute Gasteiger partial charge is 0.319 e. The Hall–Kier alpha value is -2.88. The largest absolute Gasteiger partial charge is 0.386 e. The SMILES string of the molecule is N#Cc1cccc(NC(=O)NCC(O)c2cc3ccccc3s2)c1. The Labute approximate surface area is 143 Å². The van der Waals surface area contributed by atoms with Gasteiger partial charge in [-0.2, -0.15) is 5.26 Å². The summed E-state index contributed by atoms with van der Waals surface area (Å²) >= 11 is 1.51. The van der Waals surface area contributed by atoms with Gasteiger partial charge in [0.1, 0.15) is 6.10 Å². The molecule has 3 aromatic rings. The summed E-state index contributed by atoms with van der Waals surface area (Å²) in [5, 5.41) is 25.4. The summed E-state index contributed by atoms with van der Waals surface area (Å²) in [6.07, 6.45) is -0.765. The molecule has 0 saturated carbocycles. The van der Waals surface area contributed by atoms with E-state index in [0.29, 0.717) is 11.3 Å². The topological polar surface area (TPSA) is 85.2 Å². The summed E-state index contributed by atoms with van der Waals surface area (Å²) < 4.78 is 1.10. The van der Waals surface area contributed by atoms with Gasteiger partial charge in [-0.25, -0.2) is 4.79 Å². The Morgan fingerprint density at radius 2 is 2.04 bits per heavy atom. The highest BCUT2D eigenvalue weighted by atomic mass is 32.1. The number of carbonyl (C=O) groups excluding carboxylic acids is 1. The van der Waals surface area contributed by atoms with Gasteiger partial charge in [0.15, 0.2) is 0 Å². The molecule has 0 saturated heterocycles. The number of rotatable bonds is 4. The zero-order chi connectivity index (χ0) is 16.9. The van der Waals surface area contributed by atoms with Crippen LogP contribution in [0, 0.1) is 11.3 Å². The second-order valence-corrected chi connectivity index (χ2v) is 6.35. The second-order valence-electron chi connectivity index (χ2n) is 5.23. The number of benzene rings is 2. The van der Waals surface area contributed by atoms with E-state index in [1.54, 1.807) is 24.3 Å². The zero-order valence-corrected chi connectivity index (χ0v) is 13.5. The first kappa shape index (κ1) is 16.0. The van der Waals surface area contributed by atoms with Gasteiger partial charge in [0.05, 0.1) is 18.2 Å². The van der Waals surface area contributed by atoms with Crippen molar-refractivity contribution in [3.8, 4) is 6.07 Å². The number of anilines is 1. The first-order chi connectivity index (χ1) is 11.7. The van der Waals surface area contributed by atoms with Crippen LogP contribution in [0.5, 0.6) is 0 Å². The van der Waals surface area contributed by atoms with Crippen molar-refractivity contribution < 1.29 is 9.90 Å². The molecule has 0 aliphatic rings. The van der Waals surface area contributed by atoms with Crippen LogP contribution in [0.25, 0.3) is 10.1 Å². The van der Waals surface area contributed by atoms with Gasteiger partial charge in [0.25, 0.3) is 0 Å². The molecule has 0 spiro atoms. The van der Waals surface area contributed by atoms with Gasteiger partial charge in [-0.3, -0.25) is 0 Å². The van der Waals surface area contributed by atoms with Crippen LogP contribution in [0.15, 0.2) is 54.6 Å². The fourth-order valence-corrected chi connectivity index (χ4v) is 3.35. The number of nitriles is 1. The van der Waals surface area contributed by atoms with Crippen LogP contribution in [0.3, 0.4) is 0 Å². The number of fused-ring (bicyclic) bond motifs is 1. The number of aliphatic hydroxyl groups is 1. The Kier molecular flexibility index (Phi) is 4.75. The van der Waals surface area contributed by atoms with Gasteiger partial charge in [-0.15, -0.1) is 11.3 Å². The Morgan fingerprint density at radius 1 is 1.21 bits per heavy atom. The van der Waals surface area contributed by atoms with Gasteiger partial charge >= 0.3 is 6.03 Å². The highest BCUT2D eigenvalue weighted by Gasteiger charge is 2.13. The highest BCUT2D eigenvalue weighted by Crippen LogP contribution is 2.29. The van der Waals surface area contributed by atoms with Crippen molar-refractivity contribution >= 4 is 33.1 Å². The van der Waals surface area contributed by atoms with Crippen molar-refractivity contribution in [2.45, 2.75) is 6.10 Å². The average molecular weight is 337 g/mol. The number of aliphatic hydroxyl groups excluding tert-OH is 1. The van der Waals surface area contributed by atoms with Crippen LogP contribution in [0.1, 0.15) is 16.5 Å². The number of nitrogens with zero attached hydrogens (tertiary/aromatic N) is 1. The summed E-state index contributed by atoms with van der Waals surface area (Å²) in [4.78, 5) is 12.7. The standard InChI is InChI=1S/C18H15N3O2S/c19-10-12-4-3-6-14(8-12)21-18(23)20-11-15(22)17-9-13-5-1-2-7-16(13)24-17/h1-9,15,22H,11H2,(H2,20,21,23). The Bertz CT molecular complexity index is 881. The molecule has 2 aromatic carbocycles. The summed E-state index contributed by atoms with van der Waals surface area (Å²) in [7, 11) is 0. The van der Waals surface area contributed by atoms with Crippen molar-refractivity contribution in [2.75, 3.05) is 11.9 Å². The maximum absolute atomic E-state index is 11.9. The molecule has 0 radical (unpaired) electrons. The molecule has 3 rings (SSSR count). The molecule has 0 bridgehead atoms. The van der Waals surface area contributed by atoms with Gasteiger partial charge in [0, 0.05) is 15.3 Å². The van der Waals surface area contributed by atoms with Crippen molar-refractivity contribution in [3.63, 3.8) is 0 Å². The third-order valence-electron chi connectivity index (χ3n) is 3.48. The number of amides is 2. The minimum atomic E-state index is -0.765. The van der Waals surface area contributed by atoms with E-state index in [2.05, 4.69) is 10.6 Å². The van der Waals surface area contributed by atoms with Gasteiger partial charge in [-0.05, 0) is 35.7 Å². The van der Waals surface area contributed by atoms with Crippen molar-refractivity contribution in [2.24, 2.45) is 0 Å². The zero-order valence-electron chi connectivity index (χ0n) is 12.7. The lowest BCUT2D eigenvalue weighted by Gasteiger charge is -2.11. The van der Waals surface area contributed by atoms with Gasteiger partial charge in [0.2, 0.25) is 0 Å². The lowest BCUT2D eigenvalue weighted by atomic mass is 10.2. The van der Waals surface area contributed by atoms with E-state index in [1.807, 2.05) is 36.4 Å². The minimum Gasteiger partial charge on any atom is -0.386 e. The van der Waals surface area contributed by atoms with Crippen LogP contribution in [0.2, 0.25) is 0 Å². The molecule has 1 aromatic heterocycles. The van der Waals surface area contributed by atoms with Crippen LogP contribution >= 0.6 is 11.3 Å². The maximum Gasteiger partial charge on any atom is 0.319 e. The Balaban J connectivity index is 1.58. The number of hydrogen-bond donors (Lipinski definition) is 3. The summed E-state index contributed by atoms with van der Waals surface area (Å²) in [6.45, 7) is 0.108. The number of carbonyl (C=O) groups is 1. The molecule has 3 N–H and O–H groups in total. The van der Waals surface area contributed by atoms with Gasteiger partial charge in [-0.1, -0.05) is 24.3 Å². The molecular weight excluding hydrogens is 322 g/mol. The number of thiophene rings is 1. The minimum absolute atomic E-state index is 0.108. The van der Waals surface area contributed by atoms with Crippen molar-refractivity contribution in [3.05, 3.63) is 65.0 Å². The predicted molar refractivity (Wildman–Crippen MR) is 95.0 cm³/mol. The lowest BCUT2D eigenvalue weighted by molar-refractivity contribution is 0.178. The summed E-state index contributed by atoms with van der Waals surface area (Å²) in [5.74, 6) is 0. The van der Waals surface area contributed by atoms with E-state index >= 15 is 0 Å². The molecule has 5 nitrogen and oxygen atoms in total. The quantitative estimate of drug-likeness (QED) is 0.679.